The molecule has 184 valence electrons. The van der Waals surface area contributed by atoms with Crippen molar-refractivity contribution in [3.8, 4) is 0 Å². The normalized spacial score (nSPS) is 14.7. The van der Waals surface area contributed by atoms with Crippen molar-refractivity contribution in [1.29, 1.82) is 0 Å². The fourth-order valence-electron chi connectivity index (χ4n) is 4.08. The lowest BCUT2D eigenvalue weighted by atomic mass is 10.1. The van der Waals surface area contributed by atoms with E-state index in [0.29, 0.717) is 41.1 Å². The maximum atomic E-state index is 13.6. The van der Waals surface area contributed by atoms with Crippen LogP contribution in [0.15, 0.2) is 65.6 Å². The van der Waals surface area contributed by atoms with Crippen molar-refractivity contribution in [2.45, 2.75) is 10.6 Å². The molecule has 0 saturated carbocycles. The Bertz CT molecular complexity index is 1350. The maximum absolute atomic E-state index is 13.6. The number of thiocarbonyl (C=S) groups is 1. The van der Waals surface area contributed by atoms with Crippen molar-refractivity contribution in [1.82, 2.24) is 9.21 Å². The number of benzene rings is 3. The zero-order valence-electron chi connectivity index (χ0n) is 19.5. The van der Waals surface area contributed by atoms with Gasteiger partial charge in [-0.05, 0) is 17.7 Å². The zero-order valence-corrected chi connectivity index (χ0v) is 21.9. The van der Waals surface area contributed by atoms with Crippen LogP contribution in [0.3, 0.4) is 0 Å². The van der Waals surface area contributed by atoms with Crippen LogP contribution in [-0.4, -0.2) is 67.1 Å². The molecule has 11 heteroatoms. The van der Waals surface area contributed by atoms with Crippen LogP contribution in [0, 0.1) is 10.1 Å². The first kappa shape index (κ1) is 25.4. The van der Waals surface area contributed by atoms with Crippen LogP contribution >= 0.6 is 24.0 Å². The summed E-state index contributed by atoms with van der Waals surface area (Å²) < 4.78 is 29.3. The molecule has 3 aromatic carbocycles. The summed E-state index contributed by atoms with van der Waals surface area (Å²) in [6, 6.07) is 17.6. The molecule has 1 fully saturated rings. The Kier molecular flexibility index (Phi) is 7.60. The van der Waals surface area contributed by atoms with Crippen LogP contribution in [0.5, 0.6) is 0 Å². The van der Waals surface area contributed by atoms with E-state index >= 15 is 0 Å². The summed E-state index contributed by atoms with van der Waals surface area (Å²) in [7, 11) is 0.221. The lowest BCUT2D eigenvalue weighted by Gasteiger charge is -2.35. The van der Waals surface area contributed by atoms with Gasteiger partial charge in [-0.1, -0.05) is 60.4 Å². The van der Waals surface area contributed by atoms with Crippen molar-refractivity contribution in [3.05, 3.63) is 76.3 Å². The maximum Gasteiger partial charge on any atom is 0.269 e. The molecule has 0 N–H and O–H groups in total. The number of nitro groups is 1. The van der Waals surface area contributed by atoms with E-state index in [1.165, 1.54) is 28.2 Å². The first-order valence-corrected chi connectivity index (χ1v) is 13.9. The average molecular weight is 531 g/mol. The molecule has 0 atom stereocenters. The third-order valence-corrected chi connectivity index (χ3v) is 9.52. The molecule has 3 aromatic rings. The summed E-state index contributed by atoms with van der Waals surface area (Å²) >= 11 is 7.05. The highest BCUT2D eigenvalue weighted by Crippen LogP contribution is 2.32. The number of piperazine rings is 1. The van der Waals surface area contributed by atoms with Crippen LogP contribution in [0.2, 0.25) is 0 Å². The Morgan fingerprint density at radius 2 is 1.63 bits per heavy atom. The third kappa shape index (κ3) is 5.43. The number of thioether (sulfide) groups is 1. The average Bonchev–Trinajstić information content (AvgIpc) is 2.86. The summed E-state index contributed by atoms with van der Waals surface area (Å²) in [6.45, 7) is 1.73. The number of hydrogen-bond donors (Lipinski definition) is 0. The predicted octanol–water partition coefficient (Wildman–Crippen LogP) is 4.34. The zero-order chi connectivity index (χ0) is 25.2. The highest BCUT2D eigenvalue weighted by Gasteiger charge is 2.30. The van der Waals surface area contributed by atoms with Gasteiger partial charge in [0.05, 0.1) is 9.82 Å². The molecular formula is C24H26N4O4S3. The number of nitrogens with zero attached hydrogens (tertiary/aromatic N) is 4. The van der Waals surface area contributed by atoms with E-state index in [9.17, 15) is 18.5 Å². The van der Waals surface area contributed by atoms with Gasteiger partial charge in [0.15, 0.2) is 0 Å². The largest absolute Gasteiger partial charge is 0.377 e. The molecule has 0 unspecified atom stereocenters. The van der Waals surface area contributed by atoms with Gasteiger partial charge in [-0.25, -0.2) is 8.42 Å². The lowest BCUT2D eigenvalue weighted by molar-refractivity contribution is -0.384. The Labute approximate surface area is 214 Å². The summed E-state index contributed by atoms with van der Waals surface area (Å²) in [6.07, 6.45) is 0. The molecule has 0 bridgehead atoms. The Morgan fingerprint density at radius 1 is 1.00 bits per heavy atom. The fraction of sp³-hybridized carbons (Fsp3) is 0.292. The minimum Gasteiger partial charge on any atom is -0.377 e. The van der Waals surface area contributed by atoms with E-state index in [4.69, 9.17) is 12.2 Å². The van der Waals surface area contributed by atoms with Gasteiger partial charge in [0, 0.05) is 74.6 Å². The molecule has 35 heavy (non-hydrogen) atoms. The van der Waals surface area contributed by atoms with E-state index in [-0.39, 0.29) is 5.69 Å². The van der Waals surface area contributed by atoms with Crippen LogP contribution in [-0.2, 0) is 15.8 Å². The van der Waals surface area contributed by atoms with Crippen molar-refractivity contribution in [3.63, 3.8) is 0 Å². The topological polar surface area (TPSA) is 87.0 Å². The summed E-state index contributed by atoms with van der Waals surface area (Å²) in [5.74, 6) is 0.597. The predicted molar refractivity (Wildman–Crippen MR) is 146 cm³/mol. The van der Waals surface area contributed by atoms with Crippen molar-refractivity contribution < 1.29 is 13.3 Å². The first-order chi connectivity index (χ1) is 16.7. The fourth-order valence-corrected chi connectivity index (χ4v) is 6.92. The molecule has 1 aliphatic rings. The molecule has 8 nitrogen and oxygen atoms in total. The molecule has 0 spiro atoms. The molecule has 0 amide bonds. The van der Waals surface area contributed by atoms with Gasteiger partial charge >= 0.3 is 0 Å². The highest BCUT2D eigenvalue weighted by molar-refractivity contribution is 8.22. The second-order valence-electron chi connectivity index (χ2n) is 8.39. The lowest BCUT2D eigenvalue weighted by Crippen LogP contribution is -2.49. The van der Waals surface area contributed by atoms with Gasteiger partial charge in [-0.3, -0.25) is 10.1 Å². The minimum absolute atomic E-state index is 0.0581. The van der Waals surface area contributed by atoms with Crippen LogP contribution in [0.4, 0.5) is 11.4 Å². The van der Waals surface area contributed by atoms with Gasteiger partial charge < -0.3 is 9.80 Å². The molecule has 1 aliphatic heterocycles. The Hall–Kier alpha value is -2.73. The number of rotatable bonds is 6. The Balaban J connectivity index is 1.41. The standard InChI is InChI=1S/C24H26N4O4S3/c1-25(2)22-7-3-6-21-20(22)5-4-8-23(21)35(31,32)27-15-13-26(14-16-27)24(33)34-17-18-9-11-19(12-10-18)28(29)30/h3-12H,13-17H2,1-2H3. The van der Waals surface area contributed by atoms with Crippen molar-refractivity contribution >= 4 is 60.5 Å². The molecule has 1 heterocycles. The van der Waals surface area contributed by atoms with E-state index < -0.39 is 14.9 Å². The Morgan fingerprint density at radius 3 is 2.26 bits per heavy atom. The van der Waals surface area contributed by atoms with Gasteiger partial charge in [0.25, 0.3) is 5.69 Å². The number of hydrogen-bond acceptors (Lipinski definition) is 7. The molecular weight excluding hydrogens is 504 g/mol. The second-order valence-corrected chi connectivity index (χ2v) is 11.9. The number of nitro benzene ring substituents is 1. The number of sulfonamides is 1. The summed E-state index contributed by atoms with van der Waals surface area (Å²) in [5.41, 5.74) is 1.97. The van der Waals surface area contributed by atoms with Crippen LogP contribution < -0.4 is 4.90 Å². The van der Waals surface area contributed by atoms with Crippen LogP contribution in [0.25, 0.3) is 10.8 Å². The second kappa shape index (κ2) is 10.5. The minimum atomic E-state index is -3.66. The molecule has 1 saturated heterocycles. The van der Waals surface area contributed by atoms with E-state index in [2.05, 4.69) is 0 Å². The van der Waals surface area contributed by atoms with Crippen molar-refractivity contribution in [2.75, 3.05) is 45.2 Å². The third-order valence-electron chi connectivity index (χ3n) is 5.96. The number of fused-ring (bicyclic) bond motifs is 1. The molecule has 0 aliphatic carbocycles. The van der Waals surface area contributed by atoms with E-state index in [1.807, 2.05) is 48.2 Å². The quantitative estimate of drug-likeness (QED) is 0.264. The molecule has 0 radical (unpaired) electrons. The monoisotopic (exact) mass is 530 g/mol. The first-order valence-electron chi connectivity index (χ1n) is 11.0. The smallest absolute Gasteiger partial charge is 0.269 e. The number of anilines is 1. The summed E-state index contributed by atoms with van der Waals surface area (Å²) in [5, 5.41) is 12.4. The SMILES string of the molecule is CN(C)c1cccc2c(S(=O)(=O)N3CCN(C(=S)SCc4ccc([N+](=O)[O-])cc4)CC3)cccc12. The number of non-ortho nitro benzene ring substituents is 1. The summed E-state index contributed by atoms with van der Waals surface area (Å²) in [4.78, 5) is 14.7. The van der Waals surface area contributed by atoms with Gasteiger partial charge in [-0.2, -0.15) is 4.31 Å². The van der Waals surface area contributed by atoms with E-state index in [1.54, 1.807) is 24.3 Å². The van der Waals surface area contributed by atoms with Gasteiger partial charge in [0.2, 0.25) is 10.0 Å². The van der Waals surface area contributed by atoms with Crippen molar-refractivity contribution in [2.24, 2.45) is 0 Å². The van der Waals surface area contributed by atoms with Crippen LogP contribution in [0.1, 0.15) is 5.56 Å². The molecule has 0 aromatic heterocycles. The molecule has 4 rings (SSSR count). The highest BCUT2D eigenvalue weighted by atomic mass is 32.2. The van der Waals surface area contributed by atoms with Gasteiger partial charge in [-0.15, -0.1) is 0 Å². The van der Waals surface area contributed by atoms with E-state index in [0.717, 1.165) is 22.0 Å². The van der Waals surface area contributed by atoms with Gasteiger partial charge in [0.1, 0.15) is 4.32 Å².